The van der Waals surface area contributed by atoms with Gasteiger partial charge in [-0.2, -0.15) is 5.26 Å². The number of hydrogen-bond acceptors (Lipinski definition) is 4. The first-order valence-corrected chi connectivity index (χ1v) is 11.7. The molecule has 168 valence electrons. The highest BCUT2D eigenvalue weighted by atomic mass is 127. The summed E-state index contributed by atoms with van der Waals surface area (Å²) < 4.78 is 12.6. The third-order valence-electron chi connectivity index (χ3n) is 4.61. The van der Waals surface area contributed by atoms with Crippen molar-refractivity contribution in [3.05, 3.63) is 91.5 Å². The van der Waals surface area contributed by atoms with E-state index in [4.69, 9.17) is 21.1 Å². The van der Waals surface area contributed by atoms with E-state index in [1.165, 1.54) is 6.08 Å². The Morgan fingerprint density at radius 1 is 1.12 bits per heavy atom. The molecule has 0 unspecified atom stereocenters. The zero-order chi connectivity index (χ0) is 23.8. The first kappa shape index (κ1) is 24.6. The molecule has 0 aromatic heterocycles. The van der Waals surface area contributed by atoms with Crippen LogP contribution in [0.3, 0.4) is 0 Å². The molecular weight excluding hydrogens is 551 g/mol. The van der Waals surface area contributed by atoms with E-state index in [0.29, 0.717) is 41.0 Å². The predicted octanol–water partition coefficient (Wildman–Crippen LogP) is 6.78. The third-order valence-corrected chi connectivity index (χ3v) is 5.67. The maximum atomic E-state index is 12.6. The maximum absolute atomic E-state index is 12.6. The summed E-state index contributed by atoms with van der Waals surface area (Å²) in [6.45, 7) is 4.64. The minimum Gasteiger partial charge on any atom is -0.490 e. The molecule has 0 saturated heterocycles. The number of nitrogens with one attached hydrogen (secondary N) is 1. The number of aryl methyl sites for hydroxylation is 1. The number of amides is 1. The first-order chi connectivity index (χ1) is 15.9. The van der Waals surface area contributed by atoms with Gasteiger partial charge < -0.3 is 14.8 Å². The number of nitrogens with zero attached hydrogens (tertiary/aromatic N) is 1. The summed E-state index contributed by atoms with van der Waals surface area (Å²) >= 11 is 8.10. The van der Waals surface area contributed by atoms with Crippen LogP contribution >= 0.6 is 34.2 Å². The molecule has 0 aliphatic carbocycles. The van der Waals surface area contributed by atoms with Gasteiger partial charge in [-0.1, -0.05) is 41.4 Å². The topological polar surface area (TPSA) is 71.3 Å². The number of benzene rings is 3. The maximum Gasteiger partial charge on any atom is 0.266 e. The van der Waals surface area contributed by atoms with Gasteiger partial charge in [-0.3, -0.25) is 4.79 Å². The van der Waals surface area contributed by atoms with Crippen LogP contribution in [0.5, 0.6) is 11.5 Å². The highest BCUT2D eigenvalue weighted by molar-refractivity contribution is 14.1. The summed E-state index contributed by atoms with van der Waals surface area (Å²) in [6.07, 6.45) is 1.54. The first-order valence-electron chi connectivity index (χ1n) is 10.2. The van der Waals surface area contributed by atoms with Gasteiger partial charge in [0, 0.05) is 10.7 Å². The van der Waals surface area contributed by atoms with Crippen LogP contribution in [0.25, 0.3) is 6.08 Å². The van der Waals surface area contributed by atoms with Crippen molar-refractivity contribution < 1.29 is 14.3 Å². The number of rotatable bonds is 8. The average molecular weight is 573 g/mol. The van der Waals surface area contributed by atoms with Crippen molar-refractivity contribution in [2.45, 2.75) is 20.5 Å². The predicted molar refractivity (Wildman–Crippen MR) is 140 cm³/mol. The van der Waals surface area contributed by atoms with Crippen LogP contribution in [0.1, 0.15) is 23.6 Å². The van der Waals surface area contributed by atoms with Gasteiger partial charge in [-0.15, -0.1) is 0 Å². The molecule has 3 aromatic carbocycles. The molecule has 0 aliphatic rings. The van der Waals surface area contributed by atoms with Crippen molar-refractivity contribution in [2.24, 2.45) is 0 Å². The normalized spacial score (nSPS) is 10.9. The standard InChI is InChI=1S/C26H22ClIN2O3/c1-3-32-24-14-19(12-20(15-29)26(31)30-22-10-4-17(2)5-11-22)13-23(28)25(24)33-16-18-6-8-21(27)9-7-18/h4-14H,3,16H2,1-2H3,(H,30,31)/b20-12-. The summed E-state index contributed by atoms with van der Waals surface area (Å²) in [5.41, 5.74) is 3.34. The number of carbonyl (C=O) groups is 1. The Morgan fingerprint density at radius 3 is 2.45 bits per heavy atom. The molecule has 0 heterocycles. The summed E-state index contributed by atoms with van der Waals surface area (Å²) in [7, 11) is 0. The molecule has 0 spiro atoms. The van der Waals surface area contributed by atoms with Gasteiger partial charge in [-0.05, 0) is 90.0 Å². The van der Waals surface area contributed by atoms with Crippen LogP contribution in [-0.2, 0) is 11.4 Å². The number of hydrogen-bond donors (Lipinski definition) is 1. The zero-order valence-corrected chi connectivity index (χ0v) is 21.1. The van der Waals surface area contributed by atoms with Gasteiger partial charge >= 0.3 is 0 Å². The molecule has 1 amide bonds. The fraction of sp³-hybridized carbons (Fsp3) is 0.154. The quantitative estimate of drug-likeness (QED) is 0.184. The average Bonchev–Trinajstić information content (AvgIpc) is 2.79. The monoisotopic (exact) mass is 572 g/mol. The van der Waals surface area contributed by atoms with Crippen molar-refractivity contribution in [3.8, 4) is 17.6 Å². The molecule has 3 aromatic rings. The lowest BCUT2D eigenvalue weighted by molar-refractivity contribution is -0.112. The zero-order valence-electron chi connectivity index (χ0n) is 18.2. The highest BCUT2D eigenvalue weighted by Crippen LogP contribution is 2.35. The van der Waals surface area contributed by atoms with Crippen molar-refractivity contribution in [1.29, 1.82) is 5.26 Å². The summed E-state index contributed by atoms with van der Waals surface area (Å²) in [6, 6.07) is 20.4. The largest absolute Gasteiger partial charge is 0.490 e. The van der Waals surface area contributed by atoms with E-state index in [1.54, 1.807) is 18.2 Å². The molecule has 0 aliphatic heterocycles. The van der Waals surface area contributed by atoms with Crippen LogP contribution in [0.15, 0.2) is 66.2 Å². The second kappa shape index (κ2) is 11.7. The molecule has 0 radical (unpaired) electrons. The molecule has 7 heteroatoms. The lowest BCUT2D eigenvalue weighted by Gasteiger charge is -2.15. The molecule has 0 fully saturated rings. The fourth-order valence-electron chi connectivity index (χ4n) is 2.96. The SMILES string of the molecule is CCOc1cc(/C=C(/C#N)C(=O)Nc2ccc(C)cc2)cc(I)c1OCc1ccc(Cl)cc1. The van der Waals surface area contributed by atoms with E-state index in [2.05, 4.69) is 27.9 Å². The summed E-state index contributed by atoms with van der Waals surface area (Å²) in [4.78, 5) is 12.6. The Labute approximate surface area is 212 Å². The van der Waals surface area contributed by atoms with E-state index < -0.39 is 5.91 Å². The Hall–Kier alpha value is -3.02. The van der Waals surface area contributed by atoms with E-state index in [9.17, 15) is 10.1 Å². The van der Waals surface area contributed by atoms with Gasteiger partial charge in [-0.25, -0.2) is 0 Å². The van der Waals surface area contributed by atoms with Crippen LogP contribution < -0.4 is 14.8 Å². The lowest BCUT2D eigenvalue weighted by Crippen LogP contribution is -2.13. The number of anilines is 1. The molecular formula is C26H22ClIN2O3. The second-order valence-corrected chi connectivity index (χ2v) is 8.77. The van der Waals surface area contributed by atoms with Crippen LogP contribution in [0.4, 0.5) is 5.69 Å². The summed E-state index contributed by atoms with van der Waals surface area (Å²) in [5.74, 6) is 0.672. The van der Waals surface area contributed by atoms with Crippen LogP contribution in [0.2, 0.25) is 5.02 Å². The van der Waals surface area contributed by atoms with Crippen molar-refractivity contribution >= 4 is 51.9 Å². The van der Waals surface area contributed by atoms with Crippen molar-refractivity contribution in [1.82, 2.24) is 0 Å². The minimum absolute atomic E-state index is 0.0105. The minimum atomic E-state index is -0.475. The fourth-order valence-corrected chi connectivity index (χ4v) is 3.87. The van der Waals surface area contributed by atoms with Gasteiger partial charge in [0.25, 0.3) is 5.91 Å². The number of ether oxygens (including phenoxy) is 2. The molecule has 0 atom stereocenters. The highest BCUT2D eigenvalue weighted by Gasteiger charge is 2.15. The molecule has 3 rings (SSSR count). The van der Waals surface area contributed by atoms with Gasteiger partial charge in [0.15, 0.2) is 11.5 Å². The van der Waals surface area contributed by atoms with Gasteiger partial charge in [0.1, 0.15) is 18.2 Å². The van der Waals surface area contributed by atoms with E-state index in [0.717, 1.165) is 14.7 Å². The molecule has 0 saturated carbocycles. The lowest BCUT2D eigenvalue weighted by atomic mass is 10.1. The Bertz CT molecular complexity index is 1200. The molecule has 0 bridgehead atoms. The van der Waals surface area contributed by atoms with E-state index in [1.807, 2.05) is 62.4 Å². The van der Waals surface area contributed by atoms with Crippen molar-refractivity contribution in [3.63, 3.8) is 0 Å². The molecule has 5 nitrogen and oxygen atoms in total. The number of nitriles is 1. The van der Waals surface area contributed by atoms with Crippen LogP contribution in [0, 0.1) is 21.8 Å². The van der Waals surface area contributed by atoms with Gasteiger partial charge in [0.05, 0.1) is 10.2 Å². The van der Waals surface area contributed by atoms with E-state index >= 15 is 0 Å². The molecule has 33 heavy (non-hydrogen) atoms. The molecule has 1 N–H and O–H groups in total. The Balaban J connectivity index is 1.83. The van der Waals surface area contributed by atoms with E-state index in [-0.39, 0.29) is 5.57 Å². The Kier molecular flexibility index (Phi) is 8.75. The van der Waals surface area contributed by atoms with Gasteiger partial charge in [0.2, 0.25) is 0 Å². The van der Waals surface area contributed by atoms with Crippen LogP contribution in [-0.4, -0.2) is 12.5 Å². The second-order valence-electron chi connectivity index (χ2n) is 7.17. The van der Waals surface area contributed by atoms with Crippen molar-refractivity contribution in [2.75, 3.05) is 11.9 Å². The number of halogens is 2. The summed E-state index contributed by atoms with van der Waals surface area (Å²) in [5, 5.41) is 13.0. The smallest absolute Gasteiger partial charge is 0.266 e. The third kappa shape index (κ3) is 6.98. The Morgan fingerprint density at radius 2 is 1.82 bits per heavy atom. The number of carbonyl (C=O) groups excluding carboxylic acids is 1.